The van der Waals surface area contributed by atoms with Crippen molar-refractivity contribution in [1.82, 2.24) is 19.8 Å². The molecule has 19 heavy (non-hydrogen) atoms. The van der Waals surface area contributed by atoms with E-state index < -0.39 is 0 Å². The summed E-state index contributed by atoms with van der Waals surface area (Å²) in [6.07, 6.45) is 6.67. The van der Waals surface area contributed by atoms with E-state index in [0.717, 1.165) is 19.0 Å². The van der Waals surface area contributed by atoms with Gasteiger partial charge in [-0.15, -0.1) is 0 Å². The summed E-state index contributed by atoms with van der Waals surface area (Å²) >= 11 is 0. The van der Waals surface area contributed by atoms with E-state index in [0.29, 0.717) is 6.04 Å². The van der Waals surface area contributed by atoms with E-state index in [2.05, 4.69) is 46.7 Å². The monoisotopic (exact) mass is 264 g/mol. The molecule has 0 spiro atoms. The van der Waals surface area contributed by atoms with Crippen LogP contribution in [-0.4, -0.2) is 40.1 Å². The first-order valence-corrected chi connectivity index (χ1v) is 7.65. The van der Waals surface area contributed by atoms with Gasteiger partial charge in [0, 0.05) is 31.5 Å². The molecule has 4 heteroatoms. The van der Waals surface area contributed by atoms with E-state index in [1.807, 2.05) is 6.20 Å². The third-order valence-electron chi connectivity index (χ3n) is 4.11. The third kappa shape index (κ3) is 4.05. The zero-order valence-electron chi connectivity index (χ0n) is 12.6. The van der Waals surface area contributed by atoms with Gasteiger partial charge in [0.15, 0.2) is 0 Å². The zero-order chi connectivity index (χ0) is 13.7. The van der Waals surface area contributed by atoms with E-state index in [4.69, 9.17) is 0 Å². The molecule has 1 fully saturated rings. The highest BCUT2D eigenvalue weighted by molar-refractivity contribution is 4.93. The van der Waals surface area contributed by atoms with Crippen LogP contribution in [0, 0.1) is 5.92 Å². The van der Waals surface area contributed by atoms with Gasteiger partial charge in [0.1, 0.15) is 5.82 Å². The SMILES string of the molecule is CCn1ccnc1CN(CC1CCCNC1)C(C)C. The summed E-state index contributed by atoms with van der Waals surface area (Å²) in [5.41, 5.74) is 0. The maximum absolute atomic E-state index is 4.51. The second kappa shape index (κ2) is 7.06. The average Bonchev–Trinajstić information content (AvgIpc) is 2.86. The van der Waals surface area contributed by atoms with Crippen LogP contribution in [0.2, 0.25) is 0 Å². The van der Waals surface area contributed by atoms with E-state index in [1.54, 1.807) is 0 Å². The number of rotatable bonds is 6. The number of aromatic nitrogens is 2. The Kier molecular flexibility index (Phi) is 5.40. The fourth-order valence-electron chi connectivity index (χ4n) is 2.83. The van der Waals surface area contributed by atoms with Gasteiger partial charge in [-0.2, -0.15) is 0 Å². The highest BCUT2D eigenvalue weighted by atomic mass is 15.2. The molecule has 1 aliphatic rings. The van der Waals surface area contributed by atoms with Crippen LogP contribution in [0.1, 0.15) is 39.4 Å². The average molecular weight is 264 g/mol. The highest BCUT2D eigenvalue weighted by Crippen LogP contribution is 2.15. The van der Waals surface area contributed by atoms with Crippen LogP contribution in [0.3, 0.4) is 0 Å². The number of hydrogen-bond donors (Lipinski definition) is 1. The fourth-order valence-corrected chi connectivity index (χ4v) is 2.83. The Morgan fingerprint density at radius 3 is 3.00 bits per heavy atom. The molecule has 1 atom stereocenters. The second-order valence-electron chi connectivity index (χ2n) is 5.87. The summed E-state index contributed by atoms with van der Waals surface area (Å²) < 4.78 is 2.24. The van der Waals surface area contributed by atoms with Gasteiger partial charge in [0.05, 0.1) is 6.54 Å². The van der Waals surface area contributed by atoms with Gasteiger partial charge in [-0.25, -0.2) is 4.98 Å². The molecule has 1 saturated heterocycles. The largest absolute Gasteiger partial charge is 0.334 e. The minimum absolute atomic E-state index is 0.573. The van der Waals surface area contributed by atoms with Gasteiger partial charge in [-0.05, 0) is 52.6 Å². The van der Waals surface area contributed by atoms with E-state index in [9.17, 15) is 0 Å². The molecule has 4 nitrogen and oxygen atoms in total. The summed E-state index contributed by atoms with van der Waals surface area (Å²) in [7, 11) is 0. The number of piperidine rings is 1. The smallest absolute Gasteiger partial charge is 0.122 e. The van der Waals surface area contributed by atoms with Crippen LogP contribution in [-0.2, 0) is 13.1 Å². The second-order valence-corrected chi connectivity index (χ2v) is 5.87. The van der Waals surface area contributed by atoms with Crippen molar-refractivity contribution in [2.24, 2.45) is 5.92 Å². The minimum Gasteiger partial charge on any atom is -0.334 e. The van der Waals surface area contributed by atoms with Gasteiger partial charge in [-0.1, -0.05) is 0 Å². The van der Waals surface area contributed by atoms with Gasteiger partial charge >= 0.3 is 0 Å². The van der Waals surface area contributed by atoms with Crippen molar-refractivity contribution in [3.05, 3.63) is 18.2 Å². The molecular formula is C15H28N4. The molecule has 0 bridgehead atoms. The Balaban J connectivity index is 1.95. The Morgan fingerprint density at radius 1 is 1.53 bits per heavy atom. The normalized spacial score (nSPS) is 20.4. The quantitative estimate of drug-likeness (QED) is 0.854. The molecule has 1 aromatic rings. The van der Waals surface area contributed by atoms with Gasteiger partial charge in [0.2, 0.25) is 0 Å². The third-order valence-corrected chi connectivity index (χ3v) is 4.11. The molecule has 2 rings (SSSR count). The first kappa shape index (κ1) is 14.5. The van der Waals surface area contributed by atoms with Crippen LogP contribution < -0.4 is 5.32 Å². The minimum atomic E-state index is 0.573. The topological polar surface area (TPSA) is 33.1 Å². The van der Waals surface area contributed by atoms with Crippen molar-refractivity contribution in [2.75, 3.05) is 19.6 Å². The highest BCUT2D eigenvalue weighted by Gasteiger charge is 2.20. The summed E-state index contributed by atoms with van der Waals surface area (Å²) in [6, 6.07) is 0.573. The standard InChI is InChI=1S/C15H28N4/c1-4-18-9-8-17-15(18)12-19(13(2)3)11-14-6-5-7-16-10-14/h8-9,13-14,16H,4-7,10-12H2,1-3H3. The van der Waals surface area contributed by atoms with Crippen molar-refractivity contribution < 1.29 is 0 Å². The molecule has 2 heterocycles. The molecule has 108 valence electrons. The first-order chi connectivity index (χ1) is 9.20. The van der Waals surface area contributed by atoms with Crippen LogP contribution in [0.5, 0.6) is 0 Å². The summed E-state index contributed by atoms with van der Waals surface area (Å²) in [4.78, 5) is 7.07. The van der Waals surface area contributed by atoms with E-state index >= 15 is 0 Å². The van der Waals surface area contributed by atoms with Gasteiger partial charge in [0.25, 0.3) is 0 Å². The Labute approximate surface area is 117 Å². The molecule has 0 aromatic carbocycles. The number of imidazole rings is 1. The number of nitrogens with one attached hydrogen (secondary N) is 1. The van der Waals surface area contributed by atoms with Crippen molar-refractivity contribution in [1.29, 1.82) is 0 Å². The van der Waals surface area contributed by atoms with Crippen LogP contribution >= 0.6 is 0 Å². The van der Waals surface area contributed by atoms with Crippen LogP contribution in [0.15, 0.2) is 12.4 Å². The molecule has 1 aromatic heterocycles. The predicted molar refractivity (Wildman–Crippen MR) is 79.0 cm³/mol. The Hall–Kier alpha value is -0.870. The van der Waals surface area contributed by atoms with Crippen LogP contribution in [0.25, 0.3) is 0 Å². The molecule has 1 aliphatic heterocycles. The van der Waals surface area contributed by atoms with E-state index in [1.165, 1.54) is 38.3 Å². The maximum Gasteiger partial charge on any atom is 0.122 e. The fraction of sp³-hybridized carbons (Fsp3) is 0.800. The summed E-state index contributed by atoms with van der Waals surface area (Å²) in [5, 5.41) is 3.51. The maximum atomic E-state index is 4.51. The molecule has 1 unspecified atom stereocenters. The molecule has 1 N–H and O–H groups in total. The van der Waals surface area contributed by atoms with Crippen LogP contribution in [0.4, 0.5) is 0 Å². The van der Waals surface area contributed by atoms with Crippen molar-refractivity contribution in [3.8, 4) is 0 Å². The molecule has 0 saturated carbocycles. The number of nitrogens with zero attached hydrogens (tertiary/aromatic N) is 3. The van der Waals surface area contributed by atoms with Gasteiger partial charge in [-0.3, -0.25) is 4.90 Å². The van der Waals surface area contributed by atoms with Crippen molar-refractivity contribution in [2.45, 2.75) is 52.7 Å². The lowest BCUT2D eigenvalue weighted by Gasteiger charge is -2.32. The van der Waals surface area contributed by atoms with Crippen molar-refractivity contribution >= 4 is 0 Å². The molecular weight excluding hydrogens is 236 g/mol. The molecule has 0 radical (unpaired) electrons. The Bertz CT molecular complexity index is 366. The zero-order valence-corrected chi connectivity index (χ0v) is 12.6. The molecule has 0 amide bonds. The lowest BCUT2D eigenvalue weighted by atomic mass is 9.98. The summed E-state index contributed by atoms with van der Waals surface area (Å²) in [6.45, 7) is 12.3. The summed E-state index contributed by atoms with van der Waals surface area (Å²) in [5.74, 6) is 1.99. The lowest BCUT2D eigenvalue weighted by molar-refractivity contribution is 0.158. The molecule has 0 aliphatic carbocycles. The van der Waals surface area contributed by atoms with Crippen molar-refractivity contribution in [3.63, 3.8) is 0 Å². The first-order valence-electron chi connectivity index (χ1n) is 7.65. The lowest BCUT2D eigenvalue weighted by Crippen LogP contribution is -2.41. The number of aryl methyl sites for hydroxylation is 1. The number of hydrogen-bond acceptors (Lipinski definition) is 3. The predicted octanol–water partition coefficient (Wildman–Crippen LogP) is 2.11. The Morgan fingerprint density at radius 2 is 2.37 bits per heavy atom. The van der Waals surface area contributed by atoms with E-state index in [-0.39, 0.29) is 0 Å². The van der Waals surface area contributed by atoms with Gasteiger partial charge < -0.3 is 9.88 Å².